The Labute approximate surface area is 196 Å². The Morgan fingerprint density at radius 3 is 2.91 bits per heavy atom. The highest BCUT2D eigenvalue weighted by molar-refractivity contribution is 8.00. The molecule has 2 fully saturated rings. The average Bonchev–Trinajstić information content (AvgIpc) is 3.29. The summed E-state index contributed by atoms with van der Waals surface area (Å²) in [4.78, 5) is 56.1. The van der Waals surface area contributed by atoms with Crippen molar-refractivity contribution >= 4 is 52.6 Å². The molecule has 32 heavy (non-hydrogen) atoms. The molecule has 4 rings (SSSR count). The van der Waals surface area contributed by atoms with E-state index in [-0.39, 0.29) is 52.2 Å². The first-order valence-corrected chi connectivity index (χ1v) is 12.9. The SMILES string of the molecule is CCn1ccnc(SCC2(C(=O)O)CS[C@@H]3[C@H](NC(=O)Cc4cccs4)C(=O)N3C2)c1=O. The molecule has 9 nitrogen and oxygen atoms in total. The Bertz CT molecular complexity index is 1090. The van der Waals surface area contributed by atoms with Gasteiger partial charge in [0.25, 0.3) is 5.56 Å². The topological polar surface area (TPSA) is 122 Å². The number of carbonyl (C=O) groups is 3. The Balaban J connectivity index is 1.40. The van der Waals surface area contributed by atoms with Crippen LogP contribution in [0.15, 0.2) is 39.7 Å². The van der Waals surface area contributed by atoms with Gasteiger partial charge in [0.1, 0.15) is 16.8 Å². The van der Waals surface area contributed by atoms with Gasteiger partial charge < -0.3 is 19.9 Å². The summed E-state index contributed by atoms with van der Waals surface area (Å²) in [6, 6.07) is 3.09. The van der Waals surface area contributed by atoms with Crippen LogP contribution in [0.4, 0.5) is 0 Å². The number of carbonyl (C=O) groups excluding carboxylic acids is 2. The lowest BCUT2D eigenvalue weighted by Gasteiger charge is -2.53. The number of thioether (sulfide) groups is 2. The number of rotatable bonds is 8. The Morgan fingerprint density at radius 2 is 2.22 bits per heavy atom. The maximum Gasteiger partial charge on any atom is 0.313 e. The largest absolute Gasteiger partial charge is 0.481 e. The third-order valence-corrected chi connectivity index (χ3v) is 9.25. The quantitative estimate of drug-likeness (QED) is 0.414. The summed E-state index contributed by atoms with van der Waals surface area (Å²) in [5, 5.41) is 14.6. The number of thiophene rings is 1. The number of aromatic nitrogens is 2. The van der Waals surface area contributed by atoms with E-state index in [1.807, 2.05) is 24.4 Å². The first-order chi connectivity index (χ1) is 15.3. The standard InChI is InChI=1S/C20H22N4O5S3/c1-2-23-6-5-21-15(17(23)27)31-10-20(19(28)29)9-24-16(26)14(18(24)32-11-20)22-13(25)8-12-4-3-7-30-12/h3-7,14,18H,2,8-11H2,1H3,(H,22,25)(H,28,29)/t14-,18-,20?/m1/s1. The molecule has 12 heteroatoms. The van der Waals surface area contributed by atoms with Crippen LogP contribution in [0.2, 0.25) is 0 Å². The molecule has 2 N–H and O–H groups in total. The second kappa shape index (κ2) is 9.28. The van der Waals surface area contributed by atoms with Crippen molar-refractivity contribution in [2.45, 2.75) is 36.3 Å². The molecule has 2 amide bonds. The molecular weight excluding hydrogens is 472 g/mol. The van der Waals surface area contributed by atoms with Crippen LogP contribution < -0.4 is 10.9 Å². The third-order valence-electron chi connectivity index (χ3n) is 5.54. The van der Waals surface area contributed by atoms with Crippen LogP contribution >= 0.6 is 34.9 Å². The van der Waals surface area contributed by atoms with Crippen molar-refractivity contribution in [3.05, 3.63) is 45.1 Å². The highest BCUT2D eigenvalue weighted by Gasteiger charge is 2.57. The second-order valence-electron chi connectivity index (χ2n) is 7.67. The molecule has 0 spiro atoms. The summed E-state index contributed by atoms with van der Waals surface area (Å²) in [5.41, 5.74) is -1.45. The van der Waals surface area contributed by atoms with Crippen LogP contribution in [-0.4, -0.2) is 66.8 Å². The number of fused-ring (bicyclic) bond motifs is 1. The summed E-state index contributed by atoms with van der Waals surface area (Å²) >= 11 is 3.94. The van der Waals surface area contributed by atoms with Gasteiger partial charge in [-0.15, -0.1) is 23.1 Å². The molecule has 2 aliphatic heterocycles. The maximum absolute atomic E-state index is 12.7. The van der Waals surface area contributed by atoms with E-state index < -0.39 is 17.4 Å². The summed E-state index contributed by atoms with van der Waals surface area (Å²) in [5.74, 6) is -1.11. The van der Waals surface area contributed by atoms with Gasteiger partial charge in [-0.25, -0.2) is 4.98 Å². The van der Waals surface area contributed by atoms with E-state index >= 15 is 0 Å². The Kier molecular flexibility index (Phi) is 6.63. The number of β-lactam (4-membered cyclic amide) rings is 1. The molecule has 2 aliphatic rings. The lowest BCUT2D eigenvalue weighted by Crippen LogP contribution is -2.74. The van der Waals surface area contributed by atoms with Crippen molar-refractivity contribution in [1.82, 2.24) is 19.8 Å². The number of nitrogens with one attached hydrogen (secondary N) is 1. The molecule has 3 atom stereocenters. The molecule has 0 aliphatic carbocycles. The van der Waals surface area contributed by atoms with Crippen LogP contribution in [0, 0.1) is 5.41 Å². The molecular formula is C20H22N4O5S3. The zero-order chi connectivity index (χ0) is 22.9. The highest BCUT2D eigenvalue weighted by Crippen LogP contribution is 2.44. The fourth-order valence-electron chi connectivity index (χ4n) is 3.68. The third kappa shape index (κ3) is 4.30. The van der Waals surface area contributed by atoms with Crippen molar-refractivity contribution in [2.24, 2.45) is 5.41 Å². The fraction of sp³-hybridized carbons (Fsp3) is 0.450. The minimum absolute atomic E-state index is 0.0396. The van der Waals surface area contributed by atoms with Gasteiger partial charge in [0, 0.05) is 41.9 Å². The van der Waals surface area contributed by atoms with Crippen LogP contribution in [0.25, 0.3) is 0 Å². The molecule has 0 bridgehead atoms. The average molecular weight is 495 g/mol. The minimum atomic E-state index is -1.20. The number of nitrogens with zero attached hydrogens (tertiary/aromatic N) is 3. The van der Waals surface area contributed by atoms with Gasteiger partial charge in [-0.2, -0.15) is 0 Å². The Hall–Kier alpha value is -2.31. The van der Waals surface area contributed by atoms with E-state index in [9.17, 15) is 24.3 Å². The maximum atomic E-state index is 12.7. The van der Waals surface area contributed by atoms with Crippen molar-refractivity contribution in [2.75, 3.05) is 18.1 Å². The van der Waals surface area contributed by atoms with Gasteiger partial charge in [0.2, 0.25) is 11.8 Å². The number of amides is 2. The van der Waals surface area contributed by atoms with E-state index in [4.69, 9.17) is 0 Å². The van der Waals surface area contributed by atoms with Gasteiger partial charge in [0.15, 0.2) is 5.03 Å². The van der Waals surface area contributed by atoms with E-state index in [1.54, 1.807) is 6.20 Å². The van der Waals surface area contributed by atoms with E-state index in [0.29, 0.717) is 6.54 Å². The first-order valence-electron chi connectivity index (χ1n) is 10.00. The van der Waals surface area contributed by atoms with Gasteiger partial charge in [-0.1, -0.05) is 17.8 Å². The zero-order valence-electron chi connectivity index (χ0n) is 17.2. The molecule has 170 valence electrons. The minimum Gasteiger partial charge on any atom is -0.481 e. The van der Waals surface area contributed by atoms with Gasteiger partial charge in [-0.3, -0.25) is 19.2 Å². The van der Waals surface area contributed by atoms with Crippen LogP contribution in [0.3, 0.4) is 0 Å². The highest BCUT2D eigenvalue weighted by atomic mass is 32.2. The number of aliphatic carboxylic acids is 1. The zero-order valence-corrected chi connectivity index (χ0v) is 19.7. The molecule has 4 heterocycles. The number of carboxylic acids is 1. The lowest BCUT2D eigenvalue weighted by atomic mass is 9.89. The molecule has 2 saturated heterocycles. The number of carboxylic acid groups (broad SMARTS) is 1. The Morgan fingerprint density at radius 1 is 1.41 bits per heavy atom. The van der Waals surface area contributed by atoms with Gasteiger partial charge in [0.05, 0.1) is 6.42 Å². The second-order valence-corrected chi connectivity index (χ2v) is 10.8. The van der Waals surface area contributed by atoms with Gasteiger partial charge >= 0.3 is 5.97 Å². The number of hydrogen-bond acceptors (Lipinski definition) is 8. The van der Waals surface area contributed by atoms with Crippen molar-refractivity contribution < 1.29 is 19.5 Å². The number of aryl methyl sites for hydroxylation is 1. The molecule has 0 aromatic carbocycles. The molecule has 1 unspecified atom stereocenters. The molecule has 2 aromatic heterocycles. The van der Waals surface area contributed by atoms with Crippen LogP contribution in [-0.2, 0) is 27.3 Å². The van der Waals surface area contributed by atoms with Crippen molar-refractivity contribution in [3.8, 4) is 0 Å². The molecule has 2 aromatic rings. The fourth-order valence-corrected chi connectivity index (χ4v) is 7.16. The van der Waals surface area contributed by atoms with E-state index in [1.165, 1.54) is 38.8 Å². The predicted molar refractivity (Wildman–Crippen MR) is 123 cm³/mol. The van der Waals surface area contributed by atoms with E-state index in [0.717, 1.165) is 16.6 Å². The summed E-state index contributed by atoms with van der Waals surface area (Å²) < 4.78 is 1.51. The van der Waals surface area contributed by atoms with Gasteiger partial charge in [-0.05, 0) is 18.4 Å². The smallest absolute Gasteiger partial charge is 0.313 e. The van der Waals surface area contributed by atoms with Crippen LogP contribution in [0.1, 0.15) is 11.8 Å². The van der Waals surface area contributed by atoms with Crippen molar-refractivity contribution in [1.29, 1.82) is 0 Å². The lowest BCUT2D eigenvalue weighted by molar-refractivity contribution is -0.157. The monoisotopic (exact) mass is 494 g/mol. The normalized spacial score (nSPS) is 24.5. The number of hydrogen-bond donors (Lipinski definition) is 2. The van der Waals surface area contributed by atoms with E-state index in [2.05, 4.69) is 10.3 Å². The first kappa shape index (κ1) is 22.9. The van der Waals surface area contributed by atoms with Crippen LogP contribution in [0.5, 0.6) is 0 Å². The van der Waals surface area contributed by atoms with Crippen molar-refractivity contribution in [3.63, 3.8) is 0 Å². The predicted octanol–water partition coefficient (Wildman–Crippen LogP) is 1.13. The summed E-state index contributed by atoms with van der Waals surface area (Å²) in [6.45, 7) is 2.38. The summed E-state index contributed by atoms with van der Waals surface area (Å²) in [7, 11) is 0. The molecule has 0 radical (unpaired) electrons. The summed E-state index contributed by atoms with van der Waals surface area (Å²) in [6.07, 6.45) is 3.33. The molecule has 0 saturated carbocycles.